The van der Waals surface area contributed by atoms with Gasteiger partial charge in [0, 0.05) is 17.2 Å². The fourth-order valence-corrected chi connectivity index (χ4v) is 3.76. The molecule has 1 N–H and O–H groups in total. The minimum Gasteiger partial charge on any atom is -0.294 e. The maximum Gasteiger partial charge on any atom is 0.232 e. The van der Waals surface area contributed by atoms with Crippen molar-refractivity contribution in [3.05, 3.63) is 29.8 Å². The summed E-state index contributed by atoms with van der Waals surface area (Å²) in [6, 6.07) is 6.77. The highest BCUT2D eigenvalue weighted by atomic mass is 32.2. The predicted molar refractivity (Wildman–Crippen MR) is 78.2 cm³/mol. The number of carbonyl (C=O) groups excluding carboxylic acids is 1. The van der Waals surface area contributed by atoms with Crippen molar-refractivity contribution >= 4 is 21.5 Å². The molecule has 2 aliphatic carbocycles. The van der Waals surface area contributed by atoms with Gasteiger partial charge in [0.1, 0.15) is 0 Å². The van der Waals surface area contributed by atoms with E-state index >= 15 is 0 Å². The first-order valence-corrected chi connectivity index (χ1v) is 8.78. The van der Waals surface area contributed by atoms with Gasteiger partial charge < -0.3 is 0 Å². The van der Waals surface area contributed by atoms with Gasteiger partial charge in [-0.3, -0.25) is 9.52 Å². The van der Waals surface area contributed by atoms with E-state index in [1.54, 1.807) is 31.2 Å². The SMILES string of the molecule is CCS(=O)(=O)Nc1ccc(C(=O)C2CC3CC3C2)cc1. The van der Waals surface area contributed by atoms with Gasteiger partial charge in [0.05, 0.1) is 5.75 Å². The van der Waals surface area contributed by atoms with Crippen LogP contribution in [0.4, 0.5) is 5.69 Å². The Hall–Kier alpha value is -1.36. The van der Waals surface area contributed by atoms with Crippen molar-refractivity contribution in [1.82, 2.24) is 0 Å². The van der Waals surface area contributed by atoms with Crippen LogP contribution in [0.1, 0.15) is 36.5 Å². The van der Waals surface area contributed by atoms with E-state index in [0.29, 0.717) is 11.3 Å². The first-order valence-electron chi connectivity index (χ1n) is 7.13. The Kier molecular flexibility index (Phi) is 3.32. The van der Waals surface area contributed by atoms with Gasteiger partial charge in [0.25, 0.3) is 0 Å². The molecule has 0 aromatic heterocycles. The predicted octanol–water partition coefficient (Wildman–Crippen LogP) is 2.68. The first kappa shape index (κ1) is 13.6. The molecule has 2 saturated carbocycles. The molecule has 0 aliphatic heterocycles. The maximum absolute atomic E-state index is 12.3. The zero-order chi connectivity index (χ0) is 14.3. The van der Waals surface area contributed by atoms with Gasteiger partial charge in [-0.2, -0.15) is 0 Å². The van der Waals surface area contributed by atoms with Crippen LogP contribution in [0.3, 0.4) is 0 Å². The van der Waals surface area contributed by atoms with Crippen LogP contribution in [0.25, 0.3) is 0 Å². The lowest BCUT2D eigenvalue weighted by atomic mass is 9.93. The van der Waals surface area contributed by atoms with Gasteiger partial charge in [-0.25, -0.2) is 8.42 Å². The van der Waals surface area contributed by atoms with E-state index in [-0.39, 0.29) is 17.5 Å². The second-order valence-corrected chi connectivity index (χ2v) is 7.88. The number of fused-ring (bicyclic) bond motifs is 1. The Morgan fingerprint density at radius 1 is 1.15 bits per heavy atom. The number of ketones is 1. The molecule has 0 heterocycles. The highest BCUT2D eigenvalue weighted by Gasteiger charge is 2.47. The molecule has 2 unspecified atom stereocenters. The number of nitrogens with one attached hydrogen (secondary N) is 1. The van der Waals surface area contributed by atoms with Crippen LogP contribution in [0.5, 0.6) is 0 Å². The summed E-state index contributed by atoms with van der Waals surface area (Å²) in [5.74, 6) is 2.01. The number of carbonyl (C=O) groups is 1. The van der Waals surface area contributed by atoms with Crippen molar-refractivity contribution < 1.29 is 13.2 Å². The van der Waals surface area contributed by atoms with Crippen molar-refractivity contribution in [2.24, 2.45) is 17.8 Å². The minimum absolute atomic E-state index is 0.0402. The number of hydrogen-bond acceptors (Lipinski definition) is 3. The van der Waals surface area contributed by atoms with Crippen LogP contribution < -0.4 is 4.72 Å². The minimum atomic E-state index is -3.26. The highest BCUT2D eigenvalue weighted by molar-refractivity contribution is 7.92. The molecule has 1 aromatic carbocycles. The van der Waals surface area contributed by atoms with E-state index in [9.17, 15) is 13.2 Å². The Balaban J connectivity index is 1.68. The maximum atomic E-state index is 12.3. The Labute approximate surface area is 119 Å². The Morgan fingerprint density at radius 3 is 2.30 bits per heavy atom. The molecule has 3 rings (SSSR count). The number of rotatable bonds is 5. The third-order valence-electron chi connectivity index (χ3n) is 4.44. The molecular formula is C15H19NO3S. The lowest BCUT2D eigenvalue weighted by molar-refractivity contribution is 0.0914. The zero-order valence-corrected chi connectivity index (χ0v) is 12.3. The van der Waals surface area contributed by atoms with Gasteiger partial charge in [0.15, 0.2) is 5.78 Å². The van der Waals surface area contributed by atoms with Crippen LogP contribution >= 0.6 is 0 Å². The Bertz CT molecular complexity index is 611. The van der Waals surface area contributed by atoms with Gasteiger partial charge in [-0.05, 0) is 62.3 Å². The summed E-state index contributed by atoms with van der Waals surface area (Å²) in [7, 11) is -3.26. The molecule has 0 bridgehead atoms. The molecular weight excluding hydrogens is 274 g/mol. The van der Waals surface area contributed by atoms with Gasteiger partial charge >= 0.3 is 0 Å². The summed E-state index contributed by atoms with van der Waals surface area (Å²) in [6.07, 6.45) is 3.38. The summed E-state index contributed by atoms with van der Waals surface area (Å²) < 4.78 is 25.4. The van der Waals surface area contributed by atoms with Gasteiger partial charge in [-0.15, -0.1) is 0 Å². The van der Waals surface area contributed by atoms with Crippen LogP contribution in [-0.2, 0) is 10.0 Å². The molecule has 2 atom stereocenters. The standard InChI is InChI=1S/C15H19NO3S/c1-2-20(18,19)16-14-5-3-10(4-6-14)15(17)13-8-11-7-12(11)9-13/h3-6,11-13,16H,2,7-9H2,1H3. The number of Topliss-reactive ketones (excluding diaryl/α,β-unsaturated/α-hetero) is 1. The molecule has 108 valence electrons. The molecule has 2 aliphatic rings. The molecule has 1 aromatic rings. The number of hydrogen-bond donors (Lipinski definition) is 1. The third-order valence-corrected chi connectivity index (χ3v) is 5.74. The molecule has 0 amide bonds. The molecule has 5 heteroatoms. The summed E-state index contributed by atoms with van der Waals surface area (Å²) in [4.78, 5) is 12.3. The van der Waals surface area contributed by atoms with E-state index < -0.39 is 10.0 Å². The fraction of sp³-hybridized carbons (Fsp3) is 0.533. The smallest absolute Gasteiger partial charge is 0.232 e. The summed E-state index contributed by atoms with van der Waals surface area (Å²) in [6.45, 7) is 1.59. The second-order valence-electron chi connectivity index (χ2n) is 5.87. The normalized spacial score (nSPS) is 27.9. The van der Waals surface area contributed by atoms with Crippen molar-refractivity contribution in [2.45, 2.75) is 26.2 Å². The van der Waals surface area contributed by atoms with E-state index in [1.807, 2.05) is 0 Å². The number of anilines is 1. The van der Waals surface area contributed by atoms with E-state index in [4.69, 9.17) is 0 Å². The molecule has 0 spiro atoms. The monoisotopic (exact) mass is 293 g/mol. The van der Waals surface area contributed by atoms with Crippen LogP contribution in [0, 0.1) is 17.8 Å². The topological polar surface area (TPSA) is 63.2 Å². The van der Waals surface area contributed by atoms with Crippen LogP contribution in [-0.4, -0.2) is 20.0 Å². The average Bonchev–Trinajstić information content (AvgIpc) is 3.05. The quantitative estimate of drug-likeness (QED) is 0.849. The lowest BCUT2D eigenvalue weighted by Crippen LogP contribution is -2.15. The zero-order valence-electron chi connectivity index (χ0n) is 11.5. The lowest BCUT2D eigenvalue weighted by Gasteiger charge is -2.11. The number of benzene rings is 1. The van der Waals surface area contributed by atoms with Crippen molar-refractivity contribution in [3.8, 4) is 0 Å². The molecule has 0 radical (unpaired) electrons. The number of sulfonamides is 1. The Morgan fingerprint density at radius 2 is 1.75 bits per heavy atom. The van der Waals surface area contributed by atoms with Crippen molar-refractivity contribution in [3.63, 3.8) is 0 Å². The third kappa shape index (κ3) is 2.73. The van der Waals surface area contributed by atoms with Crippen molar-refractivity contribution in [2.75, 3.05) is 10.5 Å². The van der Waals surface area contributed by atoms with Crippen molar-refractivity contribution in [1.29, 1.82) is 0 Å². The molecule has 20 heavy (non-hydrogen) atoms. The average molecular weight is 293 g/mol. The van der Waals surface area contributed by atoms with Gasteiger partial charge in [0.2, 0.25) is 10.0 Å². The molecule has 2 fully saturated rings. The first-order chi connectivity index (χ1) is 9.48. The van der Waals surface area contributed by atoms with E-state index in [1.165, 1.54) is 6.42 Å². The second kappa shape index (κ2) is 4.88. The molecule has 0 saturated heterocycles. The summed E-state index contributed by atoms with van der Waals surface area (Å²) in [5.41, 5.74) is 1.20. The van der Waals surface area contributed by atoms with Crippen LogP contribution in [0.2, 0.25) is 0 Å². The molecule has 4 nitrogen and oxygen atoms in total. The van der Waals surface area contributed by atoms with E-state index in [0.717, 1.165) is 24.7 Å². The summed E-state index contributed by atoms with van der Waals surface area (Å²) >= 11 is 0. The van der Waals surface area contributed by atoms with E-state index in [2.05, 4.69) is 4.72 Å². The van der Waals surface area contributed by atoms with Gasteiger partial charge in [-0.1, -0.05) is 0 Å². The fourth-order valence-electron chi connectivity index (χ4n) is 3.12. The highest BCUT2D eigenvalue weighted by Crippen LogP contribution is 2.54. The largest absolute Gasteiger partial charge is 0.294 e. The summed E-state index contributed by atoms with van der Waals surface area (Å²) in [5, 5.41) is 0. The van der Waals surface area contributed by atoms with Crippen LogP contribution in [0.15, 0.2) is 24.3 Å².